The molecule has 0 saturated carbocycles. The van der Waals surface area contributed by atoms with Crippen LogP contribution in [0.5, 0.6) is 0 Å². The van der Waals surface area contributed by atoms with E-state index < -0.39 is 15.2 Å². The van der Waals surface area contributed by atoms with Crippen LogP contribution in [0.4, 0.5) is 0 Å². The van der Waals surface area contributed by atoms with Gasteiger partial charge in [-0.2, -0.15) is 5.10 Å². The van der Waals surface area contributed by atoms with Crippen LogP contribution in [-0.2, 0) is 22.9 Å². The number of pyridine rings is 1. The van der Waals surface area contributed by atoms with Crippen LogP contribution in [0.25, 0.3) is 21.9 Å². The highest BCUT2D eigenvalue weighted by Gasteiger charge is 2.21. The van der Waals surface area contributed by atoms with E-state index in [0.29, 0.717) is 27.3 Å². The van der Waals surface area contributed by atoms with Gasteiger partial charge in [0.15, 0.2) is 14.9 Å². The monoisotopic (exact) mass is 439 g/mol. The van der Waals surface area contributed by atoms with Gasteiger partial charge in [0.1, 0.15) is 5.82 Å². The van der Waals surface area contributed by atoms with E-state index in [1.54, 1.807) is 24.4 Å². The maximum atomic E-state index is 12.2. The molecule has 0 saturated heterocycles. The lowest BCUT2D eigenvalue weighted by atomic mass is 9.63. The normalized spacial score (nSPS) is 12.8. The van der Waals surface area contributed by atoms with E-state index in [2.05, 4.69) is 15.1 Å². The molecule has 0 aliphatic rings. The maximum absolute atomic E-state index is 12.2. The molecule has 3 heterocycles. The predicted molar refractivity (Wildman–Crippen MR) is 116 cm³/mol. The third kappa shape index (κ3) is 4.10. The van der Waals surface area contributed by atoms with Gasteiger partial charge in [-0.25, -0.2) is 13.4 Å². The molecule has 0 spiro atoms. The summed E-state index contributed by atoms with van der Waals surface area (Å²) < 4.78 is 27.8. The summed E-state index contributed by atoms with van der Waals surface area (Å²) in [5.41, 5.74) is 1.98. The molecule has 3 aromatic heterocycles. The van der Waals surface area contributed by atoms with Crippen LogP contribution < -0.4 is 0 Å². The van der Waals surface area contributed by atoms with Gasteiger partial charge >= 0.3 is 0 Å². The lowest BCUT2D eigenvalue weighted by Crippen LogP contribution is -2.31. The Balaban J connectivity index is 1.84. The summed E-state index contributed by atoms with van der Waals surface area (Å²) in [6.45, 7) is 0.449. The quantitative estimate of drug-likeness (QED) is 0.454. The fourth-order valence-electron chi connectivity index (χ4n) is 3.33. The average molecular weight is 440 g/mol. The molecule has 12 heteroatoms. The molecule has 0 unspecified atom stereocenters. The SMILES string of the molecule is [B]C([B])(O)CCn1c(Cn2nc(S(C)(=O)=O)c3ccncc32)nc2cc(Cl)ccc21. The van der Waals surface area contributed by atoms with Crippen LogP contribution in [0.15, 0.2) is 41.7 Å². The first-order valence-corrected chi connectivity index (χ1v) is 11.3. The number of hydrogen-bond acceptors (Lipinski definition) is 6. The first-order valence-electron chi connectivity index (χ1n) is 8.98. The lowest BCUT2D eigenvalue weighted by Gasteiger charge is -2.19. The van der Waals surface area contributed by atoms with Gasteiger partial charge in [0, 0.05) is 29.4 Å². The van der Waals surface area contributed by atoms with E-state index >= 15 is 0 Å². The van der Waals surface area contributed by atoms with E-state index in [1.807, 2.05) is 10.6 Å². The van der Waals surface area contributed by atoms with Crippen molar-refractivity contribution in [3.8, 4) is 0 Å². The van der Waals surface area contributed by atoms with E-state index in [4.69, 9.17) is 27.3 Å². The summed E-state index contributed by atoms with van der Waals surface area (Å²) in [7, 11) is 7.53. The highest BCUT2D eigenvalue weighted by Crippen LogP contribution is 2.25. The zero-order valence-corrected chi connectivity index (χ0v) is 17.6. The van der Waals surface area contributed by atoms with E-state index in [9.17, 15) is 13.5 Å². The summed E-state index contributed by atoms with van der Waals surface area (Å²) in [6.07, 6.45) is 4.26. The number of aliphatic hydroxyl groups is 1. The molecule has 8 nitrogen and oxygen atoms in total. The molecule has 0 atom stereocenters. The molecule has 0 aliphatic carbocycles. The van der Waals surface area contributed by atoms with Crippen molar-refractivity contribution in [2.24, 2.45) is 0 Å². The number of aromatic nitrogens is 5. The average Bonchev–Trinajstić information content (AvgIpc) is 3.17. The van der Waals surface area contributed by atoms with Crippen LogP contribution in [0, 0.1) is 0 Å². The topological polar surface area (TPSA) is 103 Å². The van der Waals surface area contributed by atoms with Crippen LogP contribution >= 0.6 is 11.6 Å². The molecule has 0 amide bonds. The molecule has 30 heavy (non-hydrogen) atoms. The van der Waals surface area contributed by atoms with Crippen molar-refractivity contribution in [1.29, 1.82) is 0 Å². The molecule has 0 aliphatic heterocycles. The molecule has 4 rings (SSSR count). The number of halogens is 1. The van der Waals surface area contributed by atoms with Gasteiger partial charge < -0.3 is 9.67 Å². The van der Waals surface area contributed by atoms with E-state index in [1.165, 1.54) is 10.9 Å². The van der Waals surface area contributed by atoms with Gasteiger partial charge in [-0.15, -0.1) is 0 Å². The Bertz CT molecular complexity index is 1360. The minimum Gasteiger partial charge on any atom is -0.409 e. The fourth-order valence-corrected chi connectivity index (χ4v) is 4.32. The number of sulfone groups is 1. The first kappa shape index (κ1) is 20.9. The Labute approximate surface area is 180 Å². The fraction of sp³-hybridized carbons (Fsp3) is 0.278. The number of benzene rings is 1. The van der Waals surface area contributed by atoms with Gasteiger partial charge in [0.2, 0.25) is 0 Å². The number of imidazole rings is 1. The molecule has 0 fully saturated rings. The first-order chi connectivity index (χ1) is 14.0. The molecular formula is C18H16B2ClN5O3S. The van der Waals surface area contributed by atoms with Crippen molar-refractivity contribution in [1.82, 2.24) is 24.3 Å². The standard InChI is InChI=1S/C18H16B2ClN5O3S/c1-30(28,29)17-12-4-6-22-9-15(12)26(24-17)10-16-23-13-8-11(21)2-3-14(13)25(16)7-5-18(19,20)27/h2-4,6,8-9,27H,5,7,10H2,1H3. The van der Waals surface area contributed by atoms with Gasteiger partial charge in [0.05, 0.1) is 45.0 Å². The molecule has 150 valence electrons. The number of rotatable bonds is 6. The molecule has 0 bridgehead atoms. The highest BCUT2D eigenvalue weighted by atomic mass is 35.5. The zero-order valence-electron chi connectivity index (χ0n) is 16.0. The van der Waals surface area contributed by atoms with Gasteiger partial charge in [-0.05, 0) is 36.1 Å². The zero-order chi connectivity index (χ0) is 21.7. The predicted octanol–water partition coefficient (Wildman–Crippen LogP) is 1.26. The van der Waals surface area contributed by atoms with E-state index in [-0.39, 0.29) is 24.5 Å². The lowest BCUT2D eigenvalue weighted by molar-refractivity contribution is 0.195. The van der Waals surface area contributed by atoms with Crippen LogP contribution in [0.1, 0.15) is 12.2 Å². The molecule has 1 aromatic carbocycles. The third-order valence-electron chi connectivity index (χ3n) is 4.69. The Morgan fingerprint density at radius 2 is 2.00 bits per heavy atom. The van der Waals surface area contributed by atoms with Crippen LogP contribution in [0.2, 0.25) is 5.02 Å². The van der Waals surface area contributed by atoms with Crippen molar-refractivity contribution in [2.45, 2.75) is 29.9 Å². The number of hydrogen-bond donors (Lipinski definition) is 1. The number of aryl methyl sites for hydroxylation is 1. The van der Waals surface area contributed by atoms with Crippen LogP contribution in [0.3, 0.4) is 0 Å². The second kappa shape index (κ2) is 7.40. The van der Waals surface area contributed by atoms with Gasteiger partial charge in [0.25, 0.3) is 0 Å². The Morgan fingerprint density at radius 3 is 2.70 bits per heavy atom. The summed E-state index contributed by atoms with van der Waals surface area (Å²) in [5.74, 6) is 0.574. The molecular weight excluding hydrogens is 423 g/mol. The number of fused-ring (bicyclic) bond motifs is 2. The summed E-state index contributed by atoms with van der Waals surface area (Å²) in [6, 6.07) is 6.88. The Kier molecular flexibility index (Phi) is 5.16. The van der Waals surface area contributed by atoms with Crippen molar-refractivity contribution < 1.29 is 13.5 Å². The summed E-state index contributed by atoms with van der Waals surface area (Å²) >= 11 is 6.10. The minimum absolute atomic E-state index is 0.0242. The van der Waals surface area contributed by atoms with Crippen molar-refractivity contribution in [3.63, 3.8) is 0 Å². The van der Waals surface area contributed by atoms with Crippen LogP contribution in [-0.4, -0.2) is 65.2 Å². The van der Waals surface area contributed by atoms with Gasteiger partial charge in [-0.3, -0.25) is 9.67 Å². The Hall–Kier alpha value is -2.36. The largest absolute Gasteiger partial charge is 0.409 e. The van der Waals surface area contributed by atoms with Gasteiger partial charge in [-0.1, -0.05) is 11.6 Å². The van der Waals surface area contributed by atoms with Crippen molar-refractivity contribution in [2.75, 3.05) is 6.26 Å². The smallest absolute Gasteiger partial charge is 0.195 e. The summed E-state index contributed by atoms with van der Waals surface area (Å²) in [5, 5.41) is 13.2. The highest BCUT2D eigenvalue weighted by molar-refractivity contribution is 7.90. The van der Waals surface area contributed by atoms with Crippen molar-refractivity contribution >= 4 is 59.1 Å². The second-order valence-corrected chi connectivity index (χ2v) is 9.55. The molecule has 4 aromatic rings. The van der Waals surface area contributed by atoms with Crippen molar-refractivity contribution in [3.05, 3.63) is 47.5 Å². The Morgan fingerprint density at radius 1 is 1.23 bits per heavy atom. The molecule has 1 N–H and O–H groups in total. The maximum Gasteiger partial charge on any atom is 0.195 e. The van der Waals surface area contributed by atoms with E-state index in [0.717, 1.165) is 11.8 Å². The summed E-state index contributed by atoms with van der Waals surface area (Å²) in [4.78, 5) is 8.72. The number of nitrogens with zero attached hydrogens (tertiary/aromatic N) is 5. The second-order valence-electron chi connectivity index (χ2n) is 7.18. The third-order valence-corrected chi connectivity index (χ3v) is 5.93. The molecule has 4 radical (unpaired) electrons. The minimum atomic E-state index is -3.54.